The zero-order valence-corrected chi connectivity index (χ0v) is 36.2. The summed E-state index contributed by atoms with van der Waals surface area (Å²) in [6.45, 7) is 24.8. The summed E-state index contributed by atoms with van der Waals surface area (Å²) in [6, 6.07) is -0.648. The van der Waals surface area contributed by atoms with Gasteiger partial charge in [-0.3, -0.25) is 14.4 Å². The number of allylic oxidation sites excluding steroid dienone is 18. The fourth-order valence-corrected chi connectivity index (χ4v) is 7.36. The molecule has 3 N–H and O–H groups in total. The number of rotatable bonds is 19. The van der Waals surface area contributed by atoms with Crippen molar-refractivity contribution < 1.29 is 14.4 Å². The molecule has 2 aliphatic rings. The molecule has 55 heavy (non-hydrogen) atoms. The second kappa shape index (κ2) is 23.7. The first-order valence-electron chi connectivity index (χ1n) is 20.6. The molecule has 0 aromatic rings. The first-order valence-corrected chi connectivity index (χ1v) is 20.6. The van der Waals surface area contributed by atoms with Crippen LogP contribution < -0.4 is 16.0 Å². The molecule has 6 nitrogen and oxygen atoms in total. The minimum atomic E-state index is -0.648. The van der Waals surface area contributed by atoms with Crippen molar-refractivity contribution >= 4 is 17.7 Å². The Labute approximate surface area is 334 Å². The van der Waals surface area contributed by atoms with E-state index in [0.29, 0.717) is 32.4 Å². The van der Waals surface area contributed by atoms with Crippen LogP contribution >= 0.6 is 0 Å². The number of unbranched alkanes of at least 4 members (excludes halogenated alkanes) is 1. The number of amides is 3. The van der Waals surface area contributed by atoms with E-state index in [9.17, 15) is 14.4 Å². The fraction of sp³-hybridized carbons (Fsp3) is 0.531. The second-order valence-corrected chi connectivity index (χ2v) is 17.0. The molecule has 0 fully saturated rings. The van der Waals surface area contributed by atoms with Gasteiger partial charge in [0.1, 0.15) is 6.04 Å². The van der Waals surface area contributed by atoms with Crippen molar-refractivity contribution in [3.05, 3.63) is 117 Å². The lowest BCUT2D eigenvalue weighted by Gasteiger charge is -2.33. The fourth-order valence-electron chi connectivity index (χ4n) is 7.36. The zero-order valence-electron chi connectivity index (χ0n) is 36.2. The molecule has 0 aromatic carbocycles. The average molecular weight is 752 g/mol. The highest BCUT2D eigenvalue weighted by atomic mass is 16.2. The van der Waals surface area contributed by atoms with Gasteiger partial charge in [0.2, 0.25) is 17.7 Å². The lowest BCUT2D eigenvalue weighted by molar-refractivity contribution is -0.127. The lowest BCUT2D eigenvalue weighted by Crippen LogP contribution is -2.46. The summed E-state index contributed by atoms with van der Waals surface area (Å²) in [6.07, 6.45) is 33.8. The molecule has 2 aliphatic carbocycles. The molecule has 0 unspecified atom stereocenters. The molecular formula is C49H73N3O3. The highest BCUT2D eigenvalue weighted by molar-refractivity contribution is 5.93. The first-order chi connectivity index (χ1) is 25.9. The van der Waals surface area contributed by atoms with Gasteiger partial charge >= 0.3 is 0 Å². The molecule has 0 saturated carbocycles. The summed E-state index contributed by atoms with van der Waals surface area (Å²) in [7, 11) is 0. The molecule has 302 valence electrons. The average Bonchev–Trinajstić information content (AvgIpc) is 3.08. The molecule has 0 saturated heterocycles. The van der Waals surface area contributed by atoms with Gasteiger partial charge in [-0.15, -0.1) is 0 Å². The quantitative estimate of drug-likeness (QED) is 0.0698. The molecule has 0 bridgehead atoms. The molecule has 0 aliphatic heterocycles. The Morgan fingerprint density at radius 3 is 1.62 bits per heavy atom. The number of hydrogen-bond donors (Lipinski definition) is 3. The van der Waals surface area contributed by atoms with Crippen LogP contribution in [0.25, 0.3) is 0 Å². The van der Waals surface area contributed by atoms with E-state index in [1.165, 1.54) is 66.9 Å². The van der Waals surface area contributed by atoms with Crippen LogP contribution in [0.5, 0.6) is 0 Å². The predicted molar refractivity (Wildman–Crippen MR) is 234 cm³/mol. The summed E-state index contributed by atoms with van der Waals surface area (Å²) >= 11 is 0. The van der Waals surface area contributed by atoms with Crippen molar-refractivity contribution in [3.8, 4) is 0 Å². The maximum Gasteiger partial charge on any atom is 0.244 e. The van der Waals surface area contributed by atoms with Crippen molar-refractivity contribution in [2.24, 2.45) is 10.8 Å². The molecular weight excluding hydrogens is 679 g/mol. The van der Waals surface area contributed by atoms with Crippen LogP contribution in [0.2, 0.25) is 0 Å². The van der Waals surface area contributed by atoms with Gasteiger partial charge < -0.3 is 16.0 Å². The highest BCUT2D eigenvalue weighted by Crippen LogP contribution is 2.41. The van der Waals surface area contributed by atoms with Gasteiger partial charge in [0.25, 0.3) is 0 Å². The lowest BCUT2D eigenvalue weighted by atomic mass is 9.72. The Morgan fingerprint density at radius 2 is 1.15 bits per heavy atom. The summed E-state index contributed by atoms with van der Waals surface area (Å²) < 4.78 is 0. The minimum absolute atomic E-state index is 0.148. The maximum atomic E-state index is 12.9. The van der Waals surface area contributed by atoms with E-state index in [-0.39, 0.29) is 28.6 Å². The molecule has 3 amide bonds. The van der Waals surface area contributed by atoms with Gasteiger partial charge in [0, 0.05) is 25.2 Å². The van der Waals surface area contributed by atoms with Gasteiger partial charge in [-0.1, -0.05) is 118 Å². The molecule has 2 rings (SSSR count). The number of carbonyl (C=O) groups excluding carboxylic acids is 3. The van der Waals surface area contributed by atoms with Crippen molar-refractivity contribution in [2.75, 3.05) is 13.1 Å². The Bertz CT molecular complexity index is 1650. The Morgan fingerprint density at radius 1 is 0.655 bits per heavy atom. The van der Waals surface area contributed by atoms with E-state index in [2.05, 4.69) is 102 Å². The van der Waals surface area contributed by atoms with Crippen molar-refractivity contribution in [1.29, 1.82) is 0 Å². The SMILES string of the molecule is CCCNC(=O)[C@H](CCCCNC(=O)/C=C(C)/C=C/C=C(C)/C=C/C1=C(C)CCCC1(C)C)NC(=O)/C=C(C)/C=C/C=C(C)/C=C/C1=C(C)CCCC1(C)C. The van der Waals surface area contributed by atoms with Gasteiger partial charge in [-0.2, -0.15) is 0 Å². The molecule has 0 aromatic heterocycles. The predicted octanol–water partition coefficient (Wildman–Crippen LogP) is 11.3. The van der Waals surface area contributed by atoms with Crippen LogP contribution in [0.3, 0.4) is 0 Å². The van der Waals surface area contributed by atoms with Crippen LogP contribution in [0.1, 0.15) is 140 Å². The normalized spacial score (nSPS) is 19.3. The van der Waals surface area contributed by atoms with Crippen LogP contribution in [0.4, 0.5) is 0 Å². The Kier molecular flexibility index (Phi) is 20.2. The minimum Gasteiger partial charge on any atom is -0.354 e. The summed E-state index contributed by atoms with van der Waals surface area (Å²) in [5.41, 5.74) is 10.2. The van der Waals surface area contributed by atoms with E-state index < -0.39 is 6.04 Å². The van der Waals surface area contributed by atoms with Crippen LogP contribution in [-0.4, -0.2) is 36.9 Å². The molecule has 0 radical (unpaired) electrons. The smallest absolute Gasteiger partial charge is 0.244 e. The first kappa shape index (κ1) is 47.0. The maximum absolute atomic E-state index is 12.9. The molecule has 6 heteroatoms. The Balaban J connectivity index is 1.86. The monoisotopic (exact) mass is 752 g/mol. The third-order valence-electron chi connectivity index (χ3n) is 10.7. The van der Waals surface area contributed by atoms with E-state index >= 15 is 0 Å². The van der Waals surface area contributed by atoms with E-state index in [0.717, 1.165) is 28.7 Å². The Hall–Kier alpha value is -4.19. The van der Waals surface area contributed by atoms with Crippen molar-refractivity contribution in [1.82, 2.24) is 16.0 Å². The van der Waals surface area contributed by atoms with E-state index in [4.69, 9.17) is 0 Å². The summed E-state index contributed by atoms with van der Waals surface area (Å²) in [5, 5.41) is 8.76. The number of nitrogens with one attached hydrogen (secondary N) is 3. The highest BCUT2D eigenvalue weighted by Gasteiger charge is 2.27. The second-order valence-electron chi connectivity index (χ2n) is 17.0. The third-order valence-corrected chi connectivity index (χ3v) is 10.7. The van der Waals surface area contributed by atoms with Crippen molar-refractivity contribution in [2.45, 2.75) is 146 Å². The van der Waals surface area contributed by atoms with Gasteiger partial charge in [0.15, 0.2) is 0 Å². The molecule has 0 heterocycles. The van der Waals surface area contributed by atoms with Gasteiger partial charge in [0.05, 0.1) is 0 Å². The number of carbonyl (C=O) groups is 3. The van der Waals surface area contributed by atoms with E-state index in [1.54, 1.807) is 6.08 Å². The summed E-state index contributed by atoms with van der Waals surface area (Å²) in [5.74, 6) is -0.636. The zero-order chi connectivity index (χ0) is 41.0. The van der Waals surface area contributed by atoms with E-state index in [1.807, 2.05) is 51.2 Å². The largest absolute Gasteiger partial charge is 0.354 e. The van der Waals surface area contributed by atoms with Crippen molar-refractivity contribution in [3.63, 3.8) is 0 Å². The van der Waals surface area contributed by atoms with Crippen LogP contribution in [-0.2, 0) is 14.4 Å². The number of hydrogen-bond acceptors (Lipinski definition) is 3. The van der Waals surface area contributed by atoms with Gasteiger partial charge in [-0.25, -0.2) is 0 Å². The van der Waals surface area contributed by atoms with Gasteiger partial charge in [-0.05, 0) is 139 Å². The summed E-state index contributed by atoms with van der Waals surface area (Å²) in [4.78, 5) is 38.4. The third kappa shape index (κ3) is 17.9. The van der Waals surface area contributed by atoms with Crippen LogP contribution in [0, 0.1) is 10.8 Å². The molecule has 0 spiro atoms. The topological polar surface area (TPSA) is 87.3 Å². The standard InChI is InChI=1S/C49H73N3O3/c1-12-32-51-47(55)44(52-46(54)35-39(5)22-16-20-37(3)27-29-43-41(7)24-18-31-49(43,10)11)25-13-14-33-50-45(53)34-38(4)21-15-19-36(2)26-28-42-40(6)23-17-30-48(42,8)9/h15-16,19-22,26-29,34-35,44H,12-14,17-18,23-25,30-33H2,1-11H3,(H,50,53)(H,51,55)(H,52,54)/b21-15+,22-16+,28-26+,29-27+,36-19+,37-20+,38-34+,39-35+/t44-/m0/s1. The molecule has 1 atom stereocenters. The van der Waals surface area contributed by atoms with Crippen LogP contribution in [0.15, 0.2) is 117 Å².